The normalized spacial score (nSPS) is 14.9. The summed E-state index contributed by atoms with van der Waals surface area (Å²) in [5.41, 5.74) is 7.88. The molecule has 2 aromatic heterocycles. The minimum absolute atomic E-state index is 0.127. The average molecular weight is 655 g/mol. The number of benzene rings is 2. The molecule has 0 aliphatic heterocycles. The number of hydrogen-bond acceptors (Lipinski definition) is 7. The molecule has 4 aromatic rings. The van der Waals surface area contributed by atoms with Crippen LogP contribution in [0.1, 0.15) is 48.3 Å². The van der Waals surface area contributed by atoms with Crippen molar-refractivity contribution in [2.75, 3.05) is 13.7 Å². The number of alkyl carbamates (subject to hydrolysis) is 1. The number of alkyl halides is 2. The number of nitrogens with zero attached hydrogens (tertiary/aromatic N) is 7. The smallest absolute Gasteiger partial charge is 0.407 e. The standard InChI is InChI=1S/C29H27B3ClF2N9O3/c1-28(9-10-28)40-27(46)47-14-22(18-7-8-21(33)20(11-18)23-38-15-43(41-23)29(30,31)32)44(26(36)37-2)24(45)17-5-3-16(4-6-17)19-12-39-42(13-19)25(34)35/h3-8,11-13,15,22,25H,9-10,14H2,1-2H3,(H2,36,37)(H,40,46)/t22-/m1/s1. The predicted octanol–water partition coefficient (Wildman–Crippen LogP) is 3.34. The van der Waals surface area contributed by atoms with Gasteiger partial charge in [-0.3, -0.25) is 19.4 Å². The van der Waals surface area contributed by atoms with Crippen LogP contribution < -0.4 is 11.1 Å². The number of hydrogen-bond donors (Lipinski definition) is 2. The highest BCUT2D eigenvalue weighted by Crippen LogP contribution is 2.35. The summed E-state index contributed by atoms with van der Waals surface area (Å²) < 4.78 is 33.3. The van der Waals surface area contributed by atoms with Gasteiger partial charge in [0.05, 0.1) is 40.8 Å². The molecule has 47 heavy (non-hydrogen) atoms. The Morgan fingerprint density at radius 3 is 2.47 bits per heavy atom. The summed E-state index contributed by atoms with van der Waals surface area (Å²) in [5, 5.41) is 9.12. The van der Waals surface area contributed by atoms with Gasteiger partial charge in [-0.25, -0.2) is 14.5 Å². The lowest BCUT2D eigenvalue weighted by atomic mass is 9.49. The minimum atomic E-state index is -2.79. The predicted molar refractivity (Wildman–Crippen MR) is 173 cm³/mol. The largest absolute Gasteiger partial charge is 0.447 e. The quantitative estimate of drug-likeness (QED) is 0.152. The van der Waals surface area contributed by atoms with Crippen molar-refractivity contribution in [1.29, 1.82) is 0 Å². The summed E-state index contributed by atoms with van der Waals surface area (Å²) in [5.74, 6) is -0.648. The first-order chi connectivity index (χ1) is 22.2. The molecule has 1 atom stereocenters. The summed E-state index contributed by atoms with van der Waals surface area (Å²) in [6, 6.07) is 9.95. The van der Waals surface area contributed by atoms with Crippen LogP contribution in [0.4, 0.5) is 13.6 Å². The first-order valence-corrected chi connectivity index (χ1v) is 14.6. The maximum absolute atomic E-state index is 14.1. The van der Waals surface area contributed by atoms with Crippen molar-refractivity contribution in [3.63, 3.8) is 0 Å². The number of amides is 2. The van der Waals surface area contributed by atoms with Gasteiger partial charge in [0.15, 0.2) is 11.8 Å². The SMILES string of the molecule is [B]C([B])([B])n1cnc(-c2cc([C@@H](COC(=O)NC3(C)CC3)N(C(=O)c3ccc(-c4cnn(C(F)F)c4)cc3)C(N)=NC)ccc2Cl)n1. The molecule has 2 aromatic carbocycles. The molecule has 12 nitrogen and oxygen atoms in total. The summed E-state index contributed by atoms with van der Waals surface area (Å²) in [4.78, 5) is 36.3. The molecule has 0 saturated heterocycles. The van der Waals surface area contributed by atoms with Crippen molar-refractivity contribution < 1.29 is 23.1 Å². The molecule has 1 saturated carbocycles. The van der Waals surface area contributed by atoms with Gasteiger partial charge in [-0.05, 0) is 60.4 Å². The Labute approximate surface area is 277 Å². The van der Waals surface area contributed by atoms with Gasteiger partial charge >= 0.3 is 12.6 Å². The van der Waals surface area contributed by atoms with E-state index in [4.69, 9.17) is 45.6 Å². The fraction of sp³-hybridized carbons (Fsp3) is 0.310. The maximum Gasteiger partial charge on any atom is 0.407 e. The van der Waals surface area contributed by atoms with Crippen LogP contribution in [0.3, 0.4) is 0 Å². The van der Waals surface area contributed by atoms with E-state index >= 15 is 0 Å². The second-order valence-corrected chi connectivity index (χ2v) is 11.7. The summed E-state index contributed by atoms with van der Waals surface area (Å²) in [6.07, 6.45) is 4.66. The number of aromatic nitrogens is 5. The van der Waals surface area contributed by atoms with Crippen molar-refractivity contribution in [1.82, 2.24) is 34.8 Å². The minimum Gasteiger partial charge on any atom is -0.447 e. The molecule has 18 heteroatoms. The third-order valence-electron chi connectivity index (χ3n) is 7.55. The van der Waals surface area contributed by atoms with Crippen LogP contribution >= 0.6 is 11.6 Å². The highest BCUT2D eigenvalue weighted by atomic mass is 35.5. The summed E-state index contributed by atoms with van der Waals surface area (Å²) in [6.45, 7) is -1.24. The molecule has 5 rings (SSSR count). The van der Waals surface area contributed by atoms with Crippen LogP contribution in [0.2, 0.25) is 5.02 Å². The average Bonchev–Trinajstić information content (AvgIpc) is 3.41. The van der Waals surface area contributed by atoms with E-state index in [0.29, 0.717) is 26.9 Å². The number of carbonyl (C=O) groups is 2. The van der Waals surface area contributed by atoms with Crippen molar-refractivity contribution in [3.8, 4) is 22.5 Å². The molecule has 2 amide bonds. The van der Waals surface area contributed by atoms with Crippen molar-refractivity contribution in [3.05, 3.63) is 77.3 Å². The van der Waals surface area contributed by atoms with E-state index in [-0.39, 0.29) is 34.5 Å². The number of nitrogens with two attached hydrogens (primary N) is 1. The molecular weight excluding hydrogens is 628 g/mol. The van der Waals surface area contributed by atoms with Crippen LogP contribution in [-0.4, -0.2) is 90.1 Å². The highest BCUT2D eigenvalue weighted by Gasteiger charge is 2.40. The second kappa shape index (κ2) is 13.2. The van der Waals surface area contributed by atoms with Gasteiger partial charge in [0.25, 0.3) is 5.91 Å². The Morgan fingerprint density at radius 2 is 1.89 bits per heavy atom. The number of carbonyl (C=O) groups excluding carboxylic acids is 2. The van der Waals surface area contributed by atoms with E-state index < -0.39 is 29.8 Å². The molecular formula is C29H27B3ClF2N9O3. The van der Waals surface area contributed by atoms with Crippen molar-refractivity contribution in [2.24, 2.45) is 10.7 Å². The van der Waals surface area contributed by atoms with E-state index in [2.05, 4.69) is 25.5 Å². The Hall–Kier alpha value is -4.66. The number of ether oxygens (including phenoxy) is 1. The molecule has 3 N–H and O–H groups in total. The third-order valence-corrected chi connectivity index (χ3v) is 7.88. The van der Waals surface area contributed by atoms with Crippen molar-refractivity contribution in [2.45, 2.75) is 43.1 Å². The molecule has 236 valence electrons. The number of aliphatic imine (C=N–C) groups is 1. The zero-order chi connectivity index (χ0) is 34.1. The Balaban J connectivity index is 1.51. The molecule has 2 heterocycles. The molecule has 0 spiro atoms. The van der Waals surface area contributed by atoms with Gasteiger partial charge in [-0.1, -0.05) is 29.8 Å². The molecule has 1 aliphatic rings. The van der Waals surface area contributed by atoms with Gasteiger partial charge in [0.1, 0.15) is 12.9 Å². The Bertz CT molecular complexity index is 1810. The number of nitrogens with one attached hydrogen (secondary N) is 1. The first-order valence-electron chi connectivity index (χ1n) is 14.2. The number of rotatable bonds is 10. The lowest BCUT2D eigenvalue weighted by Gasteiger charge is -2.31. The molecule has 0 bridgehead atoms. The summed E-state index contributed by atoms with van der Waals surface area (Å²) >= 11 is 6.52. The number of halogens is 3. The number of guanidine groups is 1. The van der Waals surface area contributed by atoms with Crippen LogP contribution in [0.15, 0.2) is 66.2 Å². The molecule has 1 fully saturated rings. The van der Waals surface area contributed by atoms with Gasteiger partial charge in [-0.15, -0.1) is 0 Å². The fourth-order valence-electron chi connectivity index (χ4n) is 4.62. The van der Waals surface area contributed by atoms with Crippen LogP contribution in [0.25, 0.3) is 22.5 Å². The second-order valence-electron chi connectivity index (χ2n) is 11.3. The molecule has 0 unspecified atom stereocenters. The lowest BCUT2D eigenvalue weighted by molar-refractivity contribution is 0.0566. The van der Waals surface area contributed by atoms with E-state index in [9.17, 15) is 18.4 Å². The fourth-order valence-corrected chi connectivity index (χ4v) is 4.82. The van der Waals surface area contributed by atoms with Crippen LogP contribution in [-0.2, 0) is 9.97 Å². The lowest BCUT2D eigenvalue weighted by Crippen LogP contribution is -2.46. The highest BCUT2D eigenvalue weighted by molar-refractivity contribution is 6.56. The monoisotopic (exact) mass is 655 g/mol. The van der Waals surface area contributed by atoms with Gasteiger partial charge in [-0.2, -0.15) is 19.0 Å². The molecule has 6 radical (unpaired) electrons. The maximum atomic E-state index is 14.1. The van der Waals surface area contributed by atoms with E-state index in [1.165, 1.54) is 42.8 Å². The van der Waals surface area contributed by atoms with Crippen molar-refractivity contribution >= 4 is 53.1 Å². The van der Waals surface area contributed by atoms with Crippen LogP contribution in [0, 0.1) is 0 Å². The Morgan fingerprint density at radius 1 is 1.19 bits per heavy atom. The van der Waals surface area contributed by atoms with Gasteiger partial charge in [0.2, 0.25) is 0 Å². The third kappa shape index (κ3) is 7.67. The topological polar surface area (TPSA) is 146 Å². The molecule has 1 aliphatic carbocycles. The zero-order valence-electron chi connectivity index (χ0n) is 25.3. The van der Waals surface area contributed by atoms with E-state index in [1.807, 2.05) is 6.92 Å². The van der Waals surface area contributed by atoms with E-state index in [0.717, 1.165) is 17.5 Å². The van der Waals surface area contributed by atoms with Gasteiger partial charge < -0.3 is 15.8 Å². The first kappa shape index (κ1) is 33.7. The Kier molecular flexibility index (Phi) is 9.48. The van der Waals surface area contributed by atoms with Gasteiger partial charge in [0, 0.05) is 35.5 Å². The van der Waals surface area contributed by atoms with E-state index in [1.54, 1.807) is 30.3 Å². The van der Waals surface area contributed by atoms with Crippen LogP contribution in [0.5, 0.6) is 0 Å². The summed E-state index contributed by atoms with van der Waals surface area (Å²) in [7, 11) is 18.6. The zero-order valence-corrected chi connectivity index (χ0v) is 26.1.